The van der Waals surface area contributed by atoms with E-state index in [-0.39, 0.29) is 12.0 Å². The fourth-order valence-electron chi connectivity index (χ4n) is 5.61. The molecule has 0 atom stereocenters. The second-order valence-electron chi connectivity index (χ2n) is 9.69. The molecule has 4 aromatic heterocycles. The van der Waals surface area contributed by atoms with Crippen LogP contribution >= 0.6 is 0 Å². The Kier molecular flexibility index (Phi) is 6.04. The van der Waals surface area contributed by atoms with Crippen molar-refractivity contribution in [1.29, 1.82) is 0 Å². The van der Waals surface area contributed by atoms with Gasteiger partial charge in [-0.1, -0.05) is 6.07 Å². The van der Waals surface area contributed by atoms with Crippen LogP contribution in [0.3, 0.4) is 0 Å². The second kappa shape index (κ2) is 9.62. The summed E-state index contributed by atoms with van der Waals surface area (Å²) in [5.41, 5.74) is 3.95. The first-order valence-electron chi connectivity index (χ1n) is 12.6. The van der Waals surface area contributed by atoms with Gasteiger partial charge in [0.1, 0.15) is 11.2 Å². The number of pyridine rings is 2. The van der Waals surface area contributed by atoms with Crippen molar-refractivity contribution in [2.75, 3.05) is 26.2 Å². The molecule has 0 bridgehead atoms. The van der Waals surface area contributed by atoms with Gasteiger partial charge in [0.2, 0.25) is 5.91 Å². The van der Waals surface area contributed by atoms with Crippen LogP contribution in [0, 0.1) is 5.92 Å². The smallest absolute Gasteiger partial charge is 0.225 e. The van der Waals surface area contributed by atoms with Gasteiger partial charge in [0.05, 0.1) is 0 Å². The first-order chi connectivity index (χ1) is 17.3. The van der Waals surface area contributed by atoms with Crippen LogP contribution in [0.2, 0.25) is 0 Å². The Morgan fingerprint density at radius 3 is 2.51 bits per heavy atom. The second-order valence-corrected chi connectivity index (χ2v) is 9.69. The van der Waals surface area contributed by atoms with Gasteiger partial charge in [0.25, 0.3) is 0 Å². The van der Waals surface area contributed by atoms with E-state index in [9.17, 15) is 4.79 Å². The summed E-state index contributed by atoms with van der Waals surface area (Å²) in [7, 11) is 0. The van der Waals surface area contributed by atoms with Gasteiger partial charge in [-0.15, -0.1) is 0 Å². The number of nitrogens with zero attached hydrogens (tertiary/aromatic N) is 6. The SMILES string of the molecule is O=C(C1CCN(Cc2cc[nH]c2)CC1)N1CCC(n2c(-c3ccccn3)nc3cccnc32)CC1. The summed E-state index contributed by atoms with van der Waals surface area (Å²) in [6, 6.07) is 12.2. The van der Waals surface area contributed by atoms with Gasteiger partial charge < -0.3 is 14.5 Å². The third kappa shape index (κ3) is 4.46. The minimum atomic E-state index is 0.147. The number of carbonyl (C=O) groups is 1. The molecule has 8 nitrogen and oxygen atoms in total. The fraction of sp³-hybridized carbons (Fsp3) is 0.407. The summed E-state index contributed by atoms with van der Waals surface area (Å²) >= 11 is 0. The standard InChI is InChI=1S/C27H31N7O/c35-27(21-7-14-32(15-8-21)19-20-6-13-28-18-20)33-16-9-22(10-17-33)34-25-24(5-3-12-30-25)31-26(34)23-4-1-2-11-29-23/h1-6,11-13,18,21-22,28H,7-10,14-17,19H2. The zero-order valence-electron chi connectivity index (χ0n) is 19.9. The van der Waals surface area contributed by atoms with E-state index in [0.29, 0.717) is 5.91 Å². The maximum absolute atomic E-state index is 13.3. The van der Waals surface area contributed by atoms with Crippen LogP contribution < -0.4 is 0 Å². The van der Waals surface area contributed by atoms with E-state index in [2.05, 4.69) is 41.6 Å². The molecule has 35 heavy (non-hydrogen) atoms. The number of rotatable bonds is 5. The number of aromatic nitrogens is 5. The number of carbonyl (C=O) groups excluding carboxylic acids is 1. The fourth-order valence-corrected chi connectivity index (χ4v) is 5.61. The molecular weight excluding hydrogens is 438 g/mol. The zero-order chi connectivity index (χ0) is 23.6. The van der Waals surface area contributed by atoms with E-state index in [1.165, 1.54) is 5.56 Å². The van der Waals surface area contributed by atoms with E-state index in [4.69, 9.17) is 4.98 Å². The number of hydrogen-bond donors (Lipinski definition) is 1. The summed E-state index contributed by atoms with van der Waals surface area (Å²) < 4.78 is 2.25. The molecule has 180 valence electrons. The number of amides is 1. The van der Waals surface area contributed by atoms with Gasteiger partial charge in [0.15, 0.2) is 11.5 Å². The zero-order valence-corrected chi connectivity index (χ0v) is 19.9. The number of fused-ring (bicyclic) bond motifs is 1. The molecule has 0 unspecified atom stereocenters. The third-order valence-electron chi connectivity index (χ3n) is 7.49. The first-order valence-corrected chi connectivity index (χ1v) is 12.6. The third-order valence-corrected chi connectivity index (χ3v) is 7.49. The minimum Gasteiger partial charge on any atom is -0.367 e. The number of aromatic amines is 1. The number of hydrogen-bond acceptors (Lipinski definition) is 5. The largest absolute Gasteiger partial charge is 0.367 e. The molecule has 4 aromatic rings. The molecule has 0 saturated carbocycles. The van der Waals surface area contributed by atoms with Crippen LogP contribution in [0.25, 0.3) is 22.7 Å². The highest BCUT2D eigenvalue weighted by Gasteiger charge is 2.32. The van der Waals surface area contributed by atoms with Gasteiger partial charge >= 0.3 is 0 Å². The predicted octanol–water partition coefficient (Wildman–Crippen LogP) is 3.90. The summed E-state index contributed by atoms with van der Waals surface area (Å²) in [6.07, 6.45) is 11.4. The molecule has 1 amide bonds. The highest BCUT2D eigenvalue weighted by atomic mass is 16.2. The van der Waals surface area contributed by atoms with Crippen molar-refractivity contribution in [3.05, 3.63) is 66.7 Å². The lowest BCUT2D eigenvalue weighted by Crippen LogP contribution is -2.45. The molecule has 2 aliphatic heterocycles. The highest BCUT2D eigenvalue weighted by molar-refractivity contribution is 5.79. The first kappa shape index (κ1) is 22.0. The normalized spacial score (nSPS) is 18.3. The van der Waals surface area contributed by atoms with Gasteiger partial charge in [0, 0.05) is 56.4 Å². The Balaban J connectivity index is 1.12. The summed E-state index contributed by atoms with van der Waals surface area (Å²) in [5.74, 6) is 1.34. The summed E-state index contributed by atoms with van der Waals surface area (Å²) in [4.78, 5) is 35.1. The predicted molar refractivity (Wildman–Crippen MR) is 134 cm³/mol. The van der Waals surface area contributed by atoms with Crippen LogP contribution in [-0.2, 0) is 11.3 Å². The van der Waals surface area contributed by atoms with Crippen molar-refractivity contribution >= 4 is 17.1 Å². The molecule has 2 saturated heterocycles. The quantitative estimate of drug-likeness (QED) is 0.479. The van der Waals surface area contributed by atoms with Crippen molar-refractivity contribution in [1.82, 2.24) is 34.3 Å². The minimum absolute atomic E-state index is 0.147. The Bertz CT molecular complexity index is 1270. The number of piperidine rings is 2. The molecular formula is C27H31N7O. The lowest BCUT2D eigenvalue weighted by Gasteiger charge is -2.37. The van der Waals surface area contributed by atoms with Gasteiger partial charge in [-0.2, -0.15) is 0 Å². The average molecular weight is 470 g/mol. The molecule has 0 spiro atoms. The van der Waals surface area contributed by atoms with Crippen molar-refractivity contribution < 1.29 is 4.79 Å². The lowest BCUT2D eigenvalue weighted by molar-refractivity contribution is -0.138. The number of nitrogens with one attached hydrogen (secondary N) is 1. The number of H-pyrrole nitrogens is 1. The van der Waals surface area contributed by atoms with Crippen molar-refractivity contribution in [2.45, 2.75) is 38.3 Å². The topological polar surface area (TPSA) is 82.9 Å². The van der Waals surface area contributed by atoms with Crippen LogP contribution in [0.1, 0.15) is 37.3 Å². The van der Waals surface area contributed by atoms with E-state index in [1.54, 1.807) is 6.20 Å². The van der Waals surface area contributed by atoms with Crippen LogP contribution in [0.5, 0.6) is 0 Å². The van der Waals surface area contributed by atoms with Crippen molar-refractivity contribution in [3.63, 3.8) is 0 Å². The molecule has 8 heteroatoms. The molecule has 6 rings (SSSR count). The van der Waals surface area contributed by atoms with E-state index < -0.39 is 0 Å². The maximum atomic E-state index is 13.3. The Morgan fingerprint density at radius 1 is 0.943 bits per heavy atom. The maximum Gasteiger partial charge on any atom is 0.225 e. The molecule has 2 aliphatic rings. The molecule has 0 aromatic carbocycles. The molecule has 6 heterocycles. The number of imidazole rings is 1. The molecule has 1 N–H and O–H groups in total. The number of likely N-dealkylation sites (tertiary alicyclic amines) is 2. The van der Waals surface area contributed by atoms with Gasteiger partial charge in [-0.3, -0.25) is 14.7 Å². The Hall–Kier alpha value is -3.52. The Morgan fingerprint density at radius 2 is 1.77 bits per heavy atom. The van der Waals surface area contributed by atoms with E-state index >= 15 is 0 Å². The Labute approximate surface area is 205 Å². The van der Waals surface area contributed by atoms with E-state index in [0.717, 1.165) is 81.1 Å². The molecule has 0 aliphatic carbocycles. The van der Waals surface area contributed by atoms with Gasteiger partial charge in [-0.05, 0) is 74.7 Å². The highest BCUT2D eigenvalue weighted by Crippen LogP contribution is 2.33. The van der Waals surface area contributed by atoms with Crippen molar-refractivity contribution in [2.24, 2.45) is 5.92 Å². The molecule has 2 fully saturated rings. The summed E-state index contributed by atoms with van der Waals surface area (Å²) in [5, 5.41) is 0. The molecule has 0 radical (unpaired) electrons. The lowest BCUT2D eigenvalue weighted by atomic mass is 9.93. The van der Waals surface area contributed by atoms with Crippen LogP contribution in [0.15, 0.2) is 61.2 Å². The van der Waals surface area contributed by atoms with Crippen LogP contribution in [0.4, 0.5) is 0 Å². The van der Waals surface area contributed by atoms with Crippen molar-refractivity contribution in [3.8, 4) is 11.5 Å². The average Bonchev–Trinajstić information content (AvgIpc) is 3.57. The summed E-state index contributed by atoms with van der Waals surface area (Å²) in [6.45, 7) is 4.49. The monoisotopic (exact) mass is 469 g/mol. The van der Waals surface area contributed by atoms with Gasteiger partial charge in [-0.25, -0.2) is 9.97 Å². The van der Waals surface area contributed by atoms with Crippen LogP contribution in [-0.4, -0.2) is 66.4 Å². The van der Waals surface area contributed by atoms with E-state index in [1.807, 2.05) is 42.7 Å².